The maximum atomic E-state index is 13.0. The van der Waals surface area contributed by atoms with Gasteiger partial charge in [0.1, 0.15) is 5.78 Å². The number of hydrogen-bond donors (Lipinski definition) is 0. The largest absolute Gasteiger partial charge is 0.299 e. The molecule has 0 radical (unpaired) electrons. The first-order chi connectivity index (χ1) is 9.55. The van der Waals surface area contributed by atoms with Gasteiger partial charge in [-0.3, -0.25) is 4.79 Å². The Morgan fingerprint density at radius 3 is 2.65 bits per heavy atom. The van der Waals surface area contributed by atoms with Gasteiger partial charge >= 0.3 is 0 Å². The monoisotopic (exact) mass is 274 g/mol. The van der Waals surface area contributed by atoms with E-state index in [1.807, 2.05) is 0 Å². The number of ketones is 1. The van der Waals surface area contributed by atoms with Gasteiger partial charge in [-0.25, -0.2) is 0 Å². The van der Waals surface area contributed by atoms with Gasteiger partial charge in [-0.05, 0) is 67.1 Å². The molecule has 112 valence electrons. The normalized spacial score (nSPS) is 55.0. The van der Waals surface area contributed by atoms with Gasteiger partial charge in [-0.2, -0.15) is 0 Å². The van der Waals surface area contributed by atoms with E-state index in [1.165, 1.54) is 57.8 Å². The Hall–Kier alpha value is -0.330. The molecule has 20 heavy (non-hydrogen) atoms. The van der Waals surface area contributed by atoms with E-state index in [9.17, 15) is 4.79 Å². The van der Waals surface area contributed by atoms with Gasteiger partial charge in [-0.15, -0.1) is 0 Å². The molecule has 1 nitrogen and oxygen atoms in total. The first kappa shape index (κ1) is 13.3. The van der Waals surface area contributed by atoms with Crippen LogP contribution in [0.2, 0.25) is 0 Å². The summed E-state index contributed by atoms with van der Waals surface area (Å²) in [4.78, 5) is 13.0. The van der Waals surface area contributed by atoms with Crippen molar-refractivity contribution in [2.75, 3.05) is 0 Å². The van der Waals surface area contributed by atoms with Crippen LogP contribution in [-0.2, 0) is 4.79 Å². The zero-order valence-corrected chi connectivity index (χ0v) is 13.3. The Morgan fingerprint density at radius 2 is 1.80 bits per heavy atom. The molecule has 0 spiro atoms. The average molecular weight is 274 g/mol. The van der Waals surface area contributed by atoms with Gasteiger partial charge in [0.05, 0.1) is 0 Å². The molecule has 0 N–H and O–H groups in total. The molecule has 4 rings (SSSR count). The van der Waals surface area contributed by atoms with Crippen LogP contribution in [0.15, 0.2) is 0 Å². The highest BCUT2D eigenvalue weighted by Gasteiger charge is 2.60. The lowest BCUT2D eigenvalue weighted by Gasteiger charge is -2.58. The van der Waals surface area contributed by atoms with Crippen LogP contribution < -0.4 is 0 Å². The Morgan fingerprint density at radius 1 is 0.950 bits per heavy atom. The van der Waals surface area contributed by atoms with Gasteiger partial charge in [0.2, 0.25) is 0 Å². The van der Waals surface area contributed by atoms with E-state index in [1.54, 1.807) is 0 Å². The summed E-state index contributed by atoms with van der Waals surface area (Å²) in [6, 6.07) is 0. The smallest absolute Gasteiger partial charge is 0.137 e. The summed E-state index contributed by atoms with van der Waals surface area (Å²) < 4.78 is 0. The van der Waals surface area contributed by atoms with Crippen LogP contribution in [0.1, 0.15) is 78.1 Å². The molecule has 0 heterocycles. The predicted octanol–water partition coefficient (Wildman–Crippen LogP) is 4.99. The van der Waals surface area contributed by atoms with Crippen LogP contribution >= 0.6 is 0 Å². The highest BCUT2D eigenvalue weighted by atomic mass is 16.1. The van der Waals surface area contributed by atoms with Gasteiger partial charge in [0, 0.05) is 12.3 Å². The zero-order chi connectivity index (χ0) is 14.0. The van der Waals surface area contributed by atoms with E-state index in [-0.39, 0.29) is 0 Å². The van der Waals surface area contributed by atoms with Crippen LogP contribution in [0.4, 0.5) is 0 Å². The van der Waals surface area contributed by atoms with E-state index < -0.39 is 0 Å². The summed E-state index contributed by atoms with van der Waals surface area (Å²) >= 11 is 0. The fourth-order valence-corrected chi connectivity index (χ4v) is 7.12. The molecule has 4 saturated carbocycles. The van der Waals surface area contributed by atoms with Crippen molar-refractivity contribution in [3.63, 3.8) is 0 Å². The molecule has 0 saturated heterocycles. The molecule has 1 heteroatoms. The van der Waals surface area contributed by atoms with Crippen molar-refractivity contribution < 1.29 is 4.79 Å². The van der Waals surface area contributed by atoms with Gasteiger partial charge in [0.15, 0.2) is 0 Å². The second-order valence-electron chi connectivity index (χ2n) is 8.96. The minimum atomic E-state index is 0.363. The van der Waals surface area contributed by atoms with E-state index in [0.29, 0.717) is 22.5 Å². The van der Waals surface area contributed by atoms with Crippen LogP contribution in [-0.4, -0.2) is 5.78 Å². The Bertz CT molecular complexity index is 427. The van der Waals surface area contributed by atoms with Crippen molar-refractivity contribution in [2.45, 2.75) is 78.1 Å². The Kier molecular flexibility index (Phi) is 2.89. The SMILES string of the molecule is C[C@@]12CCC[C@H]1[C@@H]1CC[C@H]3CCCC[C@]3(C)[C@H]1C(=O)C2. The molecule has 0 amide bonds. The number of hydrogen-bond acceptors (Lipinski definition) is 1. The summed E-state index contributed by atoms with van der Waals surface area (Å²) in [5.74, 6) is 3.54. The van der Waals surface area contributed by atoms with Gasteiger partial charge in [0.25, 0.3) is 0 Å². The van der Waals surface area contributed by atoms with Crippen molar-refractivity contribution in [1.82, 2.24) is 0 Å². The lowest BCUT2D eigenvalue weighted by molar-refractivity contribution is -0.155. The van der Waals surface area contributed by atoms with E-state index >= 15 is 0 Å². The summed E-state index contributed by atoms with van der Waals surface area (Å²) in [5.41, 5.74) is 0.734. The molecule has 6 atom stereocenters. The molecule has 0 bridgehead atoms. The fourth-order valence-electron chi connectivity index (χ4n) is 7.12. The Labute approximate surface area is 123 Å². The van der Waals surface area contributed by atoms with Gasteiger partial charge in [-0.1, -0.05) is 33.1 Å². The Balaban J connectivity index is 1.71. The van der Waals surface area contributed by atoms with Gasteiger partial charge < -0.3 is 0 Å². The third-order valence-corrected chi connectivity index (χ3v) is 8.04. The maximum absolute atomic E-state index is 13.0. The van der Waals surface area contributed by atoms with E-state index in [2.05, 4.69) is 13.8 Å². The molecular formula is C19H30O. The third kappa shape index (κ3) is 1.64. The predicted molar refractivity (Wildman–Crippen MR) is 81.4 cm³/mol. The topological polar surface area (TPSA) is 17.1 Å². The van der Waals surface area contributed by atoms with Crippen molar-refractivity contribution in [2.24, 2.45) is 34.5 Å². The van der Waals surface area contributed by atoms with Crippen molar-refractivity contribution in [1.29, 1.82) is 0 Å². The van der Waals surface area contributed by atoms with Crippen molar-refractivity contribution in [3.05, 3.63) is 0 Å². The lowest BCUT2D eigenvalue weighted by Crippen LogP contribution is -2.55. The lowest BCUT2D eigenvalue weighted by atomic mass is 9.45. The molecule has 4 aliphatic rings. The number of carbonyl (C=O) groups excluding carboxylic acids is 1. The van der Waals surface area contributed by atoms with E-state index in [0.717, 1.165) is 24.2 Å². The highest BCUT2D eigenvalue weighted by Crippen LogP contribution is 2.65. The summed E-state index contributed by atoms with van der Waals surface area (Å²) in [6.45, 7) is 4.91. The highest BCUT2D eigenvalue weighted by molar-refractivity contribution is 5.84. The molecule has 0 aromatic carbocycles. The first-order valence-electron chi connectivity index (χ1n) is 9.07. The fraction of sp³-hybridized carbons (Fsp3) is 0.947. The zero-order valence-electron chi connectivity index (χ0n) is 13.3. The minimum absolute atomic E-state index is 0.363. The molecule has 0 unspecified atom stereocenters. The number of carbonyl (C=O) groups is 1. The number of Topliss-reactive ketones (excluding diaryl/α,β-unsaturated/α-hetero) is 1. The average Bonchev–Trinajstić information content (AvgIpc) is 2.78. The first-order valence-corrected chi connectivity index (χ1v) is 9.07. The second kappa shape index (κ2) is 4.34. The number of fused-ring (bicyclic) bond motifs is 5. The summed E-state index contributed by atoms with van der Waals surface area (Å²) in [7, 11) is 0. The van der Waals surface area contributed by atoms with Crippen LogP contribution in [0.25, 0.3) is 0 Å². The summed E-state index contributed by atoms with van der Waals surface area (Å²) in [5, 5.41) is 0. The molecule has 0 aromatic heterocycles. The van der Waals surface area contributed by atoms with E-state index in [4.69, 9.17) is 0 Å². The second-order valence-corrected chi connectivity index (χ2v) is 8.96. The van der Waals surface area contributed by atoms with Crippen LogP contribution in [0.5, 0.6) is 0 Å². The quantitative estimate of drug-likeness (QED) is 0.608. The minimum Gasteiger partial charge on any atom is -0.299 e. The number of rotatable bonds is 0. The maximum Gasteiger partial charge on any atom is 0.137 e. The molecular weight excluding hydrogens is 244 g/mol. The molecule has 0 aliphatic heterocycles. The third-order valence-electron chi connectivity index (χ3n) is 8.04. The van der Waals surface area contributed by atoms with Crippen LogP contribution in [0.3, 0.4) is 0 Å². The summed E-state index contributed by atoms with van der Waals surface area (Å²) in [6.07, 6.45) is 13.3. The standard InChI is InChI=1S/C19H30O/c1-18-10-5-7-15(18)14-9-8-13-6-3-4-11-19(13,2)17(14)16(20)12-18/h13-15,17H,3-12H2,1-2H3/t13-,14+,15+,17-,18+,19+/m1/s1. The molecule has 0 aromatic rings. The molecule has 4 aliphatic carbocycles. The van der Waals surface area contributed by atoms with Crippen molar-refractivity contribution in [3.8, 4) is 0 Å². The van der Waals surface area contributed by atoms with Crippen molar-refractivity contribution >= 4 is 5.78 Å². The molecule has 4 fully saturated rings. The van der Waals surface area contributed by atoms with Crippen LogP contribution in [0, 0.1) is 34.5 Å².